The van der Waals surface area contributed by atoms with Crippen molar-refractivity contribution in [3.8, 4) is 5.75 Å². The molecule has 0 aliphatic heterocycles. The molecule has 0 fully saturated rings. The summed E-state index contributed by atoms with van der Waals surface area (Å²) < 4.78 is 10.8. The molecule has 0 radical (unpaired) electrons. The molecule has 4 nitrogen and oxygen atoms in total. The molecule has 0 aliphatic rings. The highest BCUT2D eigenvalue weighted by molar-refractivity contribution is 5.90. The molecule has 0 saturated carbocycles. The molecule has 4 heteroatoms. The number of benzene rings is 2. The molecule has 2 aromatic carbocycles. The first-order chi connectivity index (χ1) is 14.3. The van der Waals surface area contributed by atoms with Crippen LogP contribution in [0.5, 0.6) is 5.75 Å². The van der Waals surface area contributed by atoms with Crippen LogP contribution >= 0.6 is 0 Å². The number of nitrogens with zero attached hydrogens (tertiary/aromatic N) is 1. The van der Waals surface area contributed by atoms with Gasteiger partial charge in [-0.2, -0.15) is 0 Å². The van der Waals surface area contributed by atoms with Crippen LogP contribution in [0.3, 0.4) is 0 Å². The SMILES string of the molecule is C=C(\C=C/C=N/C=C/c1ccc(OC(C)C)cc1)c1ccc(C(=O)OC(C)C)cc1. The topological polar surface area (TPSA) is 47.9 Å². The average Bonchev–Trinajstić information content (AvgIpc) is 2.70. The first kappa shape index (κ1) is 22.9. The molecular weight excluding hydrogens is 374 g/mol. The van der Waals surface area contributed by atoms with Crippen molar-refractivity contribution in [1.82, 2.24) is 0 Å². The van der Waals surface area contributed by atoms with E-state index in [1.165, 1.54) is 0 Å². The molecule has 0 heterocycles. The summed E-state index contributed by atoms with van der Waals surface area (Å²) in [7, 11) is 0. The third-order valence-corrected chi connectivity index (χ3v) is 3.91. The van der Waals surface area contributed by atoms with Crippen molar-refractivity contribution in [1.29, 1.82) is 0 Å². The van der Waals surface area contributed by atoms with Gasteiger partial charge >= 0.3 is 5.97 Å². The summed E-state index contributed by atoms with van der Waals surface area (Å²) in [4.78, 5) is 16.1. The first-order valence-electron chi connectivity index (χ1n) is 9.98. The van der Waals surface area contributed by atoms with Crippen molar-refractivity contribution in [2.45, 2.75) is 39.9 Å². The Kier molecular flexibility index (Phi) is 8.82. The van der Waals surface area contributed by atoms with E-state index in [2.05, 4.69) is 11.6 Å². The van der Waals surface area contributed by atoms with Gasteiger partial charge in [-0.05, 0) is 80.8 Å². The molecule has 0 aliphatic carbocycles. The predicted molar refractivity (Wildman–Crippen MR) is 125 cm³/mol. The molecule has 0 unspecified atom stereocenters. The second-order valence-corrected chi connectivity index (χ2v) is 7.27. The van der Waals surface area contributed by atoms with Gasteiger partial charge in [0, 0.05) is 12.4 Å². The maximum atomic E-state index is 11.9. The molecular formula is C26H29NO3. The number of ether oxygens (including phenoxy) is 2. The van der Waals surface area contributed by atoms with Gasteiger partial charge in [-0.15, -0.1) is 0 Å². The van der Waals surface area contributed by atoms with Crippen molar-refractivity contribution in [2.24, 2.45) is 4.99 Å². The van der Waals surface area contributed by atoms with Crippen LogP contribution in [0.2, 0.25) is 0 Å². The Bertz CT molecular complexity index is 918. The summed E-state index contributed by atoms with van der Waals surface area (Å²) in [5.74, 6) is 0.538. The number of hydrogen-bond donors (Lipinski definition) is 0. The number of hydrogen-bond acceptors (Lipinski definition) is 4. The normalized spacial score (nSPS) is 11.8. The monoisotopic (exact) mass is 403 g/mol. The van der Waals surface area contributed by atoms with E-state index in [4.69, 9.17) is 9.47 Å². The Morgan fingerprint density at radius 3 is 2.17 bits per heavy atom. The number of aliphatic imine (C=N–C) groups is 1. The first-order valence-corrected chi connectivity index (χ1v) is 9.98. The highest BCUT2D eigenvalue weighted by atomic mass is 16.5. The van der Waals surface area contributed by atoms with Gasteiger partial charge in [-0.3, -0.25) is 4.99 Å². The van der Waals surface area contributed by atoms with Gasteiger partial charge in [0.15, 0.2) is 0 Å². The standard InChI is InChI=1S/C26H29NO3/c1-19(2)29-25-14-8-22(9-15-25)16-18-27-17-6-7-21(5)23-10-12-24(13-11-23)26(28)30-20(3)4/h6-20H,5H2,1-4H3/b7-6-,18-16+,27-17+. The molecule has 2 rings (SSSR count). The largest absolute Gasteiger partial charge is 0.491 e. The summed E-state index contributed by atoms with van der Waals surface area (Å²) in [6, 6.07) is 15.1. The van der Waals surface area contributed by atoms with E-state index < -0.39 is 0 Å². The van der Waals surface area contributed by atoms with Gasteiger partial charge in [0.1, 0.15) is 5.75 Å². The van der Waals surface area contributed by atoms with Crippen LogP contribution in [0.4, 0.5) is 0 Å². The molecule has 156 valence electrons. The van der Waals surface area contributed by atoms with Crippen molar-refractivity contribution in [2.75, 3.05) is 0 Å². The third-order valence-electron chi connectivity index (χ3n) is 3.91. The van der Waals surface area contributed by atoms with Gasteiger partial charge in [0.05, 0.1) is 17.8 Å². The van der Waals surface area contributed by atoms with Crippen LogP contribution < -0.4 is 4.74 Å². The third kappa shape index (κ3) is 7.92. The predicted octanol–water partition coefficient (Wildman–Crippen LogP) is 6.35. The van der Waals surface area contributed by atoms with Crippen LogP contribution in [0, 0.1) is 0 Å². The molecule has 0 spiro atoms. The fourth-order valence-electron chi connectivity index (χ4n) is 2.52. The summed E-state index contributed by atoms with van der Waals surface area (Å²) in [6.45, 7) is 11.7. The highest BCUT2D eigenvalue weighted by Gasteiger charge is 2.08. The number of esters is 1. The van der Waals surface area contributed by atoms with E-state index in [1.807, 2.05) is 82.3 Å². The highest BCUT2D eigenvalue weighted by Crippen LogP contribution is 2.16. The van der Waals surface area contributed by atoms with E-state index >= 15 is 0 Å². The molecule has 0 aromatic heterocycles. The lowest BCUT2D eigenvalue weighted by Gasteiger charge is -2.09. The van der Waals surface area contributed by atoms with Gasteiger partial charge in [0.2, 0.25) is 0 Å². The van der Waals surface area contributed by atoms with E-state index in [0.717, 1.165) is 22.4 Å². The maximum Gasteiger partial charge on any atom is 0.338 e. The van der Waals surface area contributed by atoms with Crippen molar-refractivity contribution >= 4 is 23.8 Å². The lowest BCUT2D eigenvalue weighted by molar-refractivity contribution is 0.0378. The van der Waals surface area contributed by atoms with Crippen LogP contribution in [-0.4, -0.2) is 24.4 Å². The summed E-state index contributed by atoms with van der Waals surface area (Å²) in [5, 5.41) is 0. The minimum Gasteiger partial charge on any atom is -0.491 e. The van der Waals surface area contributed by atoms with E-state index in [0.29, 0.717) is 5.56 Å². The average molecular weight is 404 g/mol. The van der Waals surface area contributed by atoms with Crippen LogP contribution in [0.1, 0.15) is 49.2 Å². The van der Waals surface area contributed by atoms with Gasteiger partial charge < -0.3 is 9.47 Å². The van der Waals surface area contributed by atoms with Crippen LogP contribution in [0.15, 0.2) is 78.5 Å². The Labute approximate surface area is 179 Å². The number of rotatable bonds is 9. The Balaban J connectivity index is 1.85. The zero-order valence-corrected chi connectivity index (χ0v) is 18.0. The Morgan fingerprint density at radius 2 is 1.57 bits per heavy atom. The lowest BCUT2D eigenvalue weighted by atomic mass is 10.1. The Morgan fingerprint density at radius 1 is 0.933 bits per heavy atom. The molecule has 30 heavy (non-hydrogen) atoms. The minimum atomic E-state index is -0.321. The smallest absolute Gasteiger partial charge is 0.338 e. The van der Waals surface area contributed by atoms with Crippen molar-refractivity contribution in [3.05, 3.63) is 90.2 Å². The summed E-state index contributed by atoms with van der Waals surface area (Å²) in [5.41, 5.74) is 3.34. The number of carbonyl (C=O) groups excluding carboxylic acids is 1. The zero-order chi connectivity index (χ0) is 21.9. The second-order valence-electron chi connectivity index (χ2n) is 7.27. The molecule has 0 atom stereocenters. The Hall–Kier alpha value is -3.40. The van der Waals surface area contributed by atoms with E-state index in [-0.39, 0.29) is 18.2 Å². The van der Waals surface area contributed by atoms with Crippen molar-refractivity contribution < 1.29 is 14.3 Å². The summed E-state index contributed by atoms with van der Waals surface area (Å²) in [6.07, 6.45) is 9.09. The van der Waals surface area contributed by atoms with Gasteiger partial charge in [-0.1, -0.05) is 36.9 Å². The minimum absolute atomic E-state index is 0.137. The zero-order valence-electron chi connectivity index (χ0n) is 18.0. The molecule has 2 aromatic rings. The van der Waals surface area contributed by atoms with Crippen LogP contribution in [-0.2, 0) is 4.74 Å². The fourth-order valence-corrected chi connectivity index (χ4v) is 2.52. The molecule has 0 saturated heterocycles. The van der Waals surface area contributed by atoms with E-state index in [1.54, 1.807) is 24.5 Å². The van der Waals surface area contributed by atoms with E-state index in [9.17, 15) is 4.79 Å². The maximum absolute atomic E-state index is 11.9. The summed E-state index contributed by atoms with van der Waals surface area (Å²) >= 11 is 0. The molecule has 0 bridgehead atoms. The van der Waals surface area contributed by atoms with Crippen LogP contribution in [0.25, 0.3) is 11.6 Å². The van der Waals surface area contributed by atoms with Gasteiger partial charge in [0.25, 0.3) is 0 Å². The number of allylic oxidation sites excluding steroid dienone is 3. The fraction of sp³-hybridized carbons (Fsp3) is 0.231. The quantitative estimate of drug-likeness (QED) is 0.278. The molecule has 0 amide bonds. The molecule has 0 N–H and O–H groups in total. The van der Waals surface area contributed by atoms with Gasteiger partial charge in [-0.25, -0.2) is 4.79 Å². The lowest BCUT2D eigenvalue weighted by Crippen LogP contribution is -2.11. The number of carbonyl (C=O) groups is 1. The second kappa shape index (κ2) is 11.6. The van der Waals surface area contributed by atoms with Crippen molar-refractivity contribution in [3.63, 3.8) is 0 Å².